The average molecular weight is 419 g/mol. The van der Waals surface area contributed by atoms with E-state index in [0.717, 1.165) is 12.0 Å². The molecule has 0 radical (unpaired) electrons. The maximum absolute atomic E-state index is 12.2. The van der Waals surface area contributed by atoms with Crippen molar-refractivity contribution in [2.75, 3.05) is 10.6 Å². The lowest BCUT2D eigenvalue weighted by Crippen LogP contribution is -2.28. The fraction of sp³-hybridized carbons (Fsp3) is 0.304. The Bertz CT molecular complexity index is 1060. The van der Waals surface area contributed by atoms with Gasteiger partial charge in [-0.15, -0.1) is 5.10 Å². The fourth-order valence-corrected chi connectivity index (χ4v) is 3.79. The minimum Gasteiger partial charge on any atom is -0.481 e. The van der Waals surface area contributed by atoms with Crippen LogP contribution in [0.1, 0.15) is 54.5 Å². The van der Waals surface area contributed by atoms with Gasteiger partial charge in [0.05, 0.1) is 12.1 Å². The molecule has 8 nitrogen and oxygen atoms in total. The van der Waals surface area contributed by atoms with Crippen LogP contribution in [0.5, 0.6) is 0 Å². The molecule has 4 rings (SSSR count). The van der Waals surface area contributed by atoms with Crippen LogP contribution in [0.25, 0.3) is 0 Å². The topological polar surface area (TPSA) is 109 Å². The summed E-state index contributed by atoms with van der Waals surface area (Å²) in [6, 6.07) is 18.6. The highest BCUT2D eigenvalue weighted by molar-refractivity contribution is 5.89. The molecule has 0 aliphatic carbocycles. The molecule has 2 heterocycles. The van der Waals surface area contributed by atoms with Gasteiger partial charge in [0, 0.05) is 12.8 Å². The summed E-state index contributed by atoms with van der Waals surface area (Å²) in [7, 11) is 0. The standard InChI is InChI=1S/C23H25N5O3/c1-15-10-12-16(13-11-15)18-14-19(17-6-3-2-4-7-17)28-23(24-18)26-22(27-28)25-20(29)8-5-9-21(30)31/h2-4,6-7,10-13,18-19H,5,8-9,14H2,1H3,(H,30,31)(H2,24,25,26,27,29)/t18-,19+/m1/s1. The first-order chi connectivity index (χ1) is 15.0. The monoisotopic (exact) mass is 419 g/mol. The predicted octanol–water partition coefficient (Wildman–Crippen LogP) is 3.93. The molecule has 3 N–H and O–H groups in total. The van der Waals surface area contributed by atoms with E-state index >= 15 is 0 Å². The van der Waals surface area contributed by atoms with E-state index in [9.17, 15) is 9.59 Å². The number of hydrogen-bond acceptors (Lipinski definition) is 5. The van der Waals surface area contributed by atoms with Crippen LogP contribution in [0.15, 0.2) is 54.6 Å². The summed E-state index contributed by atoms with van der Waals surface area (Å²) in [6.45, 7) is 2.06. The molecule has 0 saturated carbocycles. The first kappa shape index (κ1) is 20.6. The highest BCUT2D eigenvalue weighted by Gasteiger charge is 2.31. The molecule has 8 heteroatoms. The second-order valence-electron chi connectivity index (χ2n) is 7.77. The summed E-state index contributed by atoms with van der Waals surface area (Å²) >= 11 is 0. The summed E-state index contributed by atoms with van der Waals surface area (Å²) in [5.41, 5.74) is 3.49. The molecule has 0 fully saturated rings. The number of carbonyl (C=O) groups excluding carboxylic acids is 1. The summed E-state index contributed by atoms with van der Waals surface area (Å²) in [5, 5.41) is 19.4. The van der Waals surface area contributed by atoms with Crippen molar-refractivity contribution >= 4 is 23.8 Å². The Balaban J connectivity index is 1.58. The Labute approximate surface area is 180 Å². The van der Waals surface area contributed by atoms with Crippen LogP contribution in [0, 0.1) is 6.92 Å². The minimum absolute atomic E-state index is 0.0334. The van der Waals surface area contributed by atoms with Gasteiger partial charge in [-0.05, 0) is 30.9 Å². The van der Waals surface area contributed by atoms with Crippen LogP contribution in [0.4, 0.5) is 11.9 Å². The van der Waals surface area contributed by atoms with Gasteiger partial charge in [0.2, 0.25) is 11.9 Å². The van der Waals surface area contributed by atoms with Crippen molar-refractivity contribution in [2.45, 2.75) is 44.7 Å². The molecular weight excluding hydrogens is 394 g/mol. The number of aromatic nitrogens is 3. The Morgan fingerprint density at radius 1 is 1.10 bits per heavy atom. The van der Waals surface area contributed by atoms with Crippen molar-refractivity contribution in [3.8, 4) is 0 Å². The lowest BCUT2D eigenvalue weighted by molar-refractivity contribution is -0.137. The molecule has 0 saturated heterocycles. The molecular formula is C23H25N5O3. The maximum atomic E-state index is 12.2. The average Bonchev–Trinajstić information content (AvgIpc) is 3.16. The zero-order valence-electron chi connectivity index (χ0n) is 17.3. The van der Waals surface area contributed by atoms with Crippen LogP contribution in [-0.2, 0) is 9.59 Å². The number of hydrogen-bond donors (Lipinski definition) is 3. The zero-order chi connectivity index (χ0) is 21.8. The van der Waals surface area contributed by atoms with E-state index < -0.39 is 5.97 Å². The van der Waals surface area contributed by atoms with Gasteiger partial charge in [0.15, 0.2) is 0 Å². The van der Waals surface area contributed by atoms with Crippen LogP contribution in [0.2, 0.25) is 0 Å². The van der Waals surface area contributed by atoms with Crippen LogP contribution in [-0.4, -0.2) is 31.7 Å². The van der Waals surface area contributed by atoms with Gasteiger partial charge in [-0.3, -0.25) is 14.9 Å². The van der Waals surface area contributed by atoms with Crippen LogP contribution in [0.3, 0.4) is 0 Å². The SMILES string of the molecule is Cc1ccc([C@H]2C[C@@H](c3ccccc3)n3nc(NC(=O)CCCC(=O)O)nc3N2)cc1. The highest BCUT2D eigenvalue weighted by Crippen LogP contribution is 2.38. The van der Waals surface area contributed by atoms with Crippen molar-refractivity contribution in [2.24, 2.45) is 0 Å². The predicted molar refractivity (Wildman–Crippen MR) is 117 cm³/mol. The lowest BCUT2D eigenvalue weighted by atomic mass is 9.93. The van der Waals surface area contributed by atoms with Gasteiger partial charge in [-0.2, -0.15) is 4.98 Å². The van der Waals surface area contributed by atoms with E-state index in [-0.39, 0.29) is 43.2 Å². The minimum atomic E-state index is -0.916. The Morgan fingerprint density at radius 3 is 2.55 bits per heavy atom. The summed E-state index contributed by atoms with van der Waals surface area (Å²) < 4.78 is 1.81. The number of amides is 1. The van der Waals surface area contributed by atoms with Crippen molar-refractivity contribution in [3.05, 3.63) is 71.3 Å². The molecule has 1 amide bonds. The van der Waals surface area contributed by atoms with E-state index in [0.29, 0.717) is 5.95 Å². The van der Waals surface area contributed by atoms with Gasteiger partial charge < -0.3 is 10.4 Å². The quantitative estimate of drug-likeness (QED) is 0.535. The molecule has 1 aliphatic rings. The fourth-order valence-electron chi connectivity index (χ4n) is 3.79. The van der Waals surface area contributed by atoms with Crippen molar-refractivity contribution < 1.29 is 14.7 Å². The Kier molecular flexibility index (Phi) is 5.97. The summed E-state index contributed by atoms with van der Waals surface area (Å²) in [6.07, 6.45) is 1.12. The molecule has 0 unspecified atom stereocenters. The number of benzene rings is 2. The van der Waals surface area contributed by atoms with Gasteiger partial charge in [0.25, 0.3) is 5.95 Å². The zero-order valence-corrected chi connectivity index (χ0v) is 17.3. The smallest absolute Gasteiger partial charge is 0.303 e. The largest absolute Gasteiger partial charge is 0.481 e. The molecule has 1 aliphatic heterocycles. The van der Waals surface area contributed by atoms with Crippen LogP contribution < -0.4 is 10.6 Å². The number of rotatable bonds is 7. The molecule has 160 valence electrons. The molecule has 0 spiro atoms. The van der Waals surface area contributed by atoms with Crippen LogP contribution >= 0.6 is 0 Å². The van der Waals surface area contributed by atoms with Gasteiger partial charge in [0.1, 0.15) is 0 Å². The number of carbonyl (C=O) groups is 2. The number of carboxylic acids is 1. The molecule has 1 aromatic heterocycles. The number of anilines is 2. The third-order valence-corrected chi connectivity index (χ3v) is 5.40. The van der Waals surface area contributed by atoms with Gasteiger partial charge >= 0.3 is 5.97 Å². The van der Waals surface area contributed by atoms with E-state index in [1.54, 1.807) is 0 Å². The van der Waals surface area contributed by atoms with E-state index in [1.807, 2.05) is 22.9 Å². The van der Waals surface area contributed by atoms with Crippen molar-refractivity contribution in [1.29, 1.82) is 0 Å². The van der Waals surface area contributed by atoms with E-state index in [1.165, 1.54) is 11.1 Å². The second kappa shape index (κ2) is 8.99. The van der Waals surface area contributed by atoms with E-state index in [4.69, 9.17) is 5.11 Å². The number of aryl methyl sites for hydroxylation is 1. The first-order valence-electron chi connectivity index (χ1n) is 10.4. The number of nitrogens with zero attached hydrogens (tertiary/aromatic N) is 3. The van der Waals surface area contributed by atoms with Gasteiger partial charge in [-0.25, -0.2) is 4.68 Å². The van der Waals surface area contributed by atoms with Crippen molar-refractivity contribution in [3.63, 3.8) is 0 Å². The summed E-state index contributed by atoms with van der Waals surface area (Å²) in [4.78, 5) is 27.3. The molecule has 0 bridgehead atoms. The number of carboxylic acid groups (broad SMARTS) is 1. The van der Waals surface area contributed by atoms with Gasteiger partial charge in [-0.1, -0.05) is 60.2 Å². The third kappa shape index (κ3) is 4.91. The maximum Gasteiger partial charge on any atom is 0.303 e. The first-order valence-corrected chi connectivity index (χ1v) is 10.4. The van der Waals surface area contributed by atoms with E-state index in [2.05, 4.69) is 64.0 Å². The normalized spacial score (nSPS) is 17.5. The third-order valence-electron chi connectivity index (χ3n) is 5.40. The number of aliphatic carboxylic acids is 1. The molecule has 3 aromatic rings. The molecule has 2 aromatic carbocycles. The molecule has 2 atom stereocenters. The second-order valence-corrected chi connectivity index (χ2v) is 7.77. The number of nitrogens with one attached hydrogen (secondary N) is 2. The lowest BCUT2D eigenvalue weighted by Gasteiger charge is -2.31. The number of fused-ring (bicyclic) bond motifs is 1. The Hall–Kier alpha value is -3.68. The highest BCUT2D eigenvalue weighted by atomic mass is 16.4. The summed E-state index contributed by atoms with van der Waals surface area (Å²) in [5.74, 6) is -0.407. The Morgan fingerprint density at radius 2 is 1.84 bits per heavy atom. The van der Waals surface area contributed by atoms with Crippen molar-refractivity contribution in [1.82, 2.24) is 14.8 Å². The molecule has 31 heavy (non-hydrogen) atoms.